The Kier molecular flexibility index (Phi) is 3.10. The van der Waals surface area contributed by atoms with Gasteiger partial charge in [0, 0.05) is 0 Å². The van der Waals surface area contributed by atoms with Crippen LogP contribution in [0.2, 0.25) is 0 Å². The molecule has 0 spiro atoms. The molecule has 0 radical (unpaired) electrons. The van der Waals surface area contributed by atoms with Crippen LogP contribution < -0.4 is 19.9 Å². The van der Waals surface area contributed by atoms with Crippen LogP contribution in [0.1, 0.15) is 2.74 Å². The summed E-state index contributed by atoms with van der Waals surface area (Å²) in [4.78, 5) is 7.14. The lowest BCUT2D eigenvalue weighted by Gasteiger charge is -2.12. The average molecular weight is 237 g/mol. The highest BCUT2D eigenvalue weighted by Crippen LogP contribution is 2.34. The molecular weight excluding hydrogens is 224 g/mol. The van der Waals surface area contributed by atoms with Gasteiger partial charge < -0.3 is 19.9 Å². The maximum atomic E-state index is 12.4. The number of rotatable bonds is 5. The normalized spacial score (nSPS) is 13.1. The highest BCUT2D eigenvalue weighted by atomic mass is 19.3. The van der Waals surface area contributed by atoms with E-state index in [9.17, 15) is 8.78 Å². The van der Waals surface area contributed by atoms with Crippen molar-refractivity contribution in [1.29, 1.82) is 0 Å². The second-order valence-electron chi connectivity index (χ2n) is 2.45. The molecule has 0 aliphatic heterocycles. The molecule has 0 bridgehead atoms. The Morgan fingerprint density at radius 1 is 1.31 bits per heavy atom. The molecule has 0 unspecified atom stereocenters. The number of anilines is 1. The Balaban J connectivity index is 3.22. The van der Waals surface area contributed by atoms with E-state index in [1.165, 1.54) is 14.2 Å². The van der Waals surface area contributed by atoms with Crippen LogP contribution in [0, 0.1) is 0 Å². The fourth-order valence-electron chi connectivity index (χ4n) is 0.894. The molecule has 90 valence electrons. The van der Waals surface area contributed by atoms with Gasteiger partial charge in [-0.25, -0.2) is 8.78 Å². The van der Waals surface area contributed by atoms with Gasteiger partial charge in [0.05, 0.1) is 17.0 Å². The van der Waals surface area contributed by atoms with E-state index in [1.54, 1.807) is 0 Å². The van der Waals surface area contributed by atoms with E-state index in [0.29, 0.717) is 0 Å². The first-order chi connectivity index (χ1) is 8.31. The third-order valence-corrected chi connectivity index (χ3v) is 1.46. The molecule has 16 heavy (non-hydrogen) atoms. The van der Waals surface area contributed by atoms with Crippen molar-refractivity contribution in [2.45, 2.75) is 6.43 Å². The topological polar surface area (TPSA) is 79.5 Å². The van der Waals surface area contributed by atoms with Crippen molar-refractivity contribution in [3.8, 4) is 17.5 Å². The quantitative estimate of drug-likeness (QED) is 0.812. The Labute approximate surface area is 93.2 Å². The third-order valence-electron chi connectivity index (χ3n) is 1.46. The van der Waals surface area contributed by atoms with Crippen LogP contribution in [0.3, 0.4) is 0 Å². The molecule has 0 atom stereocenters. The van der Waals surface area contributed by atoms with Gasteiger partial charge in [-0.2, -0.15) is 9.97 Å². The molecule has 0 aliphatic rings. The fourth-order valence-corrected chi connectivity index (χ4v) is 0.894. The SMILES string of the molecule is [2H]C([2H])(Oc1c(OC)nc(N)nc1OC)C(F)F. The van der Waals surface area contributed by atoms with E-state index in [0.717, 1.165) is 0 Å². The zero-order valence-electron chi connectivity index (χ0n) is 10.5. The first kappa shape index (κ1) is 9.37. The molecule has 0 amide bonds. The van der Waals surface area contributed by atoms with E-state index < -0.39 is 18.7 Å². The molecule has 1 aromatic heterocycles. The van der Waals surface area contributed by atoms with E-state index in [1.807, 2.05) is 0 Å². The Hall–Kier alpha value is -1.86. The van der Waals surface area contributed by atoms with Crippen LogP contribution in [0.5, 0.6) is 17.5 Å². The van der Waals surface area contributed by atoms with Gasteiger partial charge in [0.2, 0.25) is 11.7 Å². The molecule has 8 heteroatoms. The maximum Gasteiger partial charge on any atom is 0.272 e. The van der Waals surface area contributed by atoms with Crippen LogP contribution in [0.15, 0.2) is 0 Å². The van der Waals surface area contributed by atoms with Gasteiger partial charge in [-0.1, -0.05) is 0 Å². The Morgan fingerprint density at radius 2 is 1.81 bits per heavy atom. The van der Waals surface area contributed by atoms with Crippen LogP contribution in [0.25, 0.3) is 0 Å². The number of ether oxygens (including phenoxy) is 3. The average Bonchev–Trinajstić information content (AvgIpc) is 2.30. The second kappa shape index (κ2) is 5.29. The monoisotopic (exact) mass is 237 g/mol. The van der Waals surface area contributed by atoms with Crippen LogP contribution >= 0.6 is 0 Å². The number of nitrogens with zero attached hydrogens (tertiary/aromatic N) is 2. The summed E-state index contributed by atoms with van der Waals surface area (Å²) in [5, 5.41) is 0. The number of halogens is 2. The second-order valence-corrected chi connectivity index (χ2v) is 2.45. The Bertz CT molecular complexity index is 409. The standard InChI is InChI=1S/C8H11F2N3O3/c1-14-6-5(16-3-4(9)10)7(15-2)13-8(11)12-6/h4H,3H2,1-2H3,(H2,11,12,13)/i3D2. The van der Waals surface area contributed by atoms with Crippen molar-refractivity contribution in [2.24, 2.45) is 0 Å². The summed E-state index contributed by atoms with van der Waals surface area (Å²) < 4.78 is 52.8. The minimum atomic E-state index is -3.37. The summed E-state index contributed by atoms with van der Waals surface area (Å²) in [5.74, 6) is -1.32. The summed E-state index contributed by atoms with van der Waals surface area (Å²) >= 11 is 0. The van der Waals surface area contributed by atoms with Crippen molar-refractivity contribution >= 4 is 5.95 Å². The van der Waals surface area contributed by atoms with Crippen molar-refractivity contribution < 1.29 is 25.7 Å². The molecular formula is C8H11F2N3O3. The van der Waals surface area contributed by atoms with E-state index in [4.69, 9.17) is 17.9 Å². The lowest BCUT2D eigenvalue weighted by molar-refractivity contribution is 0.0781. The highest BCUT2D eigenvalue weighted by Gasteiger charge is 2.18. The van der Waals surface area contributed by atoms with Gasteiger partial charge in [-0.15, -0.1) is 0 Å². The number of alkyl halides is 2. The molecule has 1 rings (SSSR count). The minimum Gasteiger partial charge on any atom is -0.478 e. The highest BCUT2D eigenvalue weighted by molar-refractivity contribution is 5.46. The summed E-state index contributed by atoms with van der Waals surface area (Å²) in [6.45, 7) is -3.24. The third kappa shape index (κ3) is 2.81. The van der Waals surface area contributed by atoms with Gasteiger partial charge in [-0.3, -0.25) is 0 Å². The molecule has 0 aromatic carbocycles. The number of nitrogen functional groups attached to an aromatic ring is 1. The van der Waals surface area contributed by atoms with E-state index >= 15 is 0 Å². The lowest BCUT2D eigenvalue weighted by Crippen LogP contribution is -2.11. The van der Waals surface area contributed by atoms with E-state index in [2.05, 4.69) is 14.7 Å². The van der Waals surface area contributed by atoms with Crippen molar-refractivity contribution in [2.75, 3.05) is 26.5 Å². The molecule has 1 heterocycles. The van der Waals surface area contributed by atoms with Crippen LogP contribution in [-0.2, 0) is 0 Å². The predicted molar refractivity (Wildman–Crippen MR) is 51.0 cm³/mol. The maximum absolute atomic E-state index is 12.4. The number of hydrogen-bond acceptors (Lipinski definition) is 6. The Morgan fingerprint density at radius 3 is 2.19 bits per heavy atom. The van der Waals surface area contributed by atoms with Crippen molar-refractivity contribution in [1.82, 2.24) is 9.97 Å². The van der Waals surface area contributed by atoms with Gasteiger partial charge in [-0.05, 0) is 0 Å². The van der Waals surface area contributed by atoms with Gasteiger partial charge in [0.15, 0.2) is 0 Å². The predicted octanol–water partition coefficient (Wildman–Crippen LogP) is 0.720. The summed E-state index contributed by atoms with van der Waals surface area (Å²) in [7, 11) is 2.37. The van der Waals surface area contributed by atoms with Crippen LogP contribution in [-0.4, -0.2) is 37.2 Å². The summed E-state index contributed by atoms with van der Waals surface area (Å²) in [5.41, 5.74) is 5.32. The zero-order valence-corrected chi connectivity index (χ0v) is 8.53. The molecule has 6 nitrogen and oxygen atoms in total. The molecule has 1 aromatic rings. The summed E-state index contributed by atoms with van der Waals surface area (Å²) in [6.07, 6.45) is -3.37. The first-order valence-electron chi connectivity index (χ1n) is 5.04. The van der Waals surface area contributed by atoms with Gasteiger partial charge >= 0.3 is 0 Å². The molecule has 0 aliphatic carbocycles. The summed E-state index contributed by atoms with van der Waals surface area (Å²) in [6, 6.07) is 0. The minimum absolute atomic E-state index is 0.228. The number of methoxy groups -OCH3 is 2. The molecule has 0 saturated heterocycles. The van der Waals surface area contributed by atoms with Gasteiger partial charge in [0.25, 0.3) is 18.2 Å². The number of nitrogens with two attached hydrogens (primary N) is 1. The van der Waals surface area contributed by atoms with Crippen molar-refractivity contribution in [3.63, 3.8) is 0 Å². The largest absolute Gasteiger partial charge is 0.478 e. The molecule has 0 fully saturated rings. The lowest BCUT2D eigenvalue weighted by atomic mass is 10.5. The number of hydrogen-bond donors (Lipinski definition) is 1. The fraction of sp³-hybridized carbons (Fsp3) is 0.500. The number of aromatic nitrogens is 2. The molecule has 2 N–H and O–H groups in total. The molecule has 0 saturated carbocycles. The first-order valence-corrected chi connectivity index (χ1v) is 4.04. The van der Waals surface area contributed by atoms with Crippen molar-refractivity contribution in [3.05, 3.63) is 0 Å². The van der Waals surface area contributed by atoms with E-state index in [-0.39, 0.29) is 17.7 Å². The van der Waals surface area contributed by atoms with Crippen LogP contribution in [0.4, 0.5) is 14.7 Å². The smallest absolute Gasteiger partial charge is 0.272 e. The van der Waals surface area contributed by atoms with Gasteiger partial charge in [0.1, 0.15) is 6.56 Å². The zero-order chi connectivity index (χ0) is 13.9.